The molecule has 0 saturated heterocycles. The van der Waals surface area contributed by atoms with Crippen molar-refractivity contribution in [2.75, 3.05) is 0 Å². The Balaban J connectivity index is 2.67. The van der Waals surface area contributed by atoms with Crippen LogP contribution in [0.2, 0.25) is 0 Å². The van der Waals surface area contributed by atoms with Crippen LogP contribution in [0.4, 0.5) is 0 Å². The van der Waals surface area contributed by atoms with Crippen LogP contribution in [0, 0.1) is 17.3 Å². The molecule has 1 heteroatoms. The zero-order chi connectivity index (χ0) is 10.6. The average Bonchev–Trinajstić information content (AvgIpc) is 2.09. The Morgan fingerprint density at radius 3 is 2.79 bits per heavy atom. The van der Waals surface area contributed by atoms with Crippen LogP contribution in [0.3, 0.4) is 0 Å². The van der Waals surface area contributed by atoms with Crippen molar-refractivity contribution in [3.63, 3.8) is 0 Å². The quantitative estimate of drug-likeness (QED) is 0.380. The maximum Gasteiger partial charge on any atom is 0.142 e. The molecule has 78 valence electrons. The third kappa shape index (κ3) is 2.57. The molecule has 0 aromatic heterocycles. The third-order valence-electron chi connectivity index (χ3n) is 3.33. The van der Waals surface area contributed by atoms with Gasteiger partial charge >= 0.3 is 0 Å². The molecule has 0 aromatic rings. The van der Waals surface area contributed by atoms with E-state index < -0.39 is 0 Å². The second kappa shape index (κ2) is 4.59. The molecule has 0 spiro atoms. The highest BCUT2D eigenvalue weighted by Gasteiger charge is 2.33. The molecule has 1 nitrogen and oxygen atoms in total. The molecule has 0 saturated carbocycles. The van der Waals surface area contributed by atoms with Gasteiger partial charge < -0.3 is 0 Å². The van der Waals surface area contributed by atoms with Gasteiger partial charge in [-0.05, 0) is 36.2 Å². The number of carbonyl (C=O) groups excluding carboxylic acids is 1. The SMILES string of the molecule is CC1C=CCC(C)(C)C1C/C=C/C=O. The number of hydrogen-bond acceptors (Lipinski definition) is 1. The molecule has 1 aliphatic rings. The van der Waals surface area contributed by atoms with Crippen LogP contribution in [0.25, 0.3) is 0 Å². The van der Waals surface area contributed by atoms with Gasteiger partial charge in [0.1, 0.15) is 6.29 Å². The van der Waals surface area contributed by atoms with Gasteiger partial charge in [-0.25, -0.2) is 0 Å². The van der Waals surface area contributed by atoms with Crippen LogP contribution in [-0.4, -0.2) is 6.29 Å². The van der Waals surface area contributed by atoms with E-state index in [1.54, 1.807) is 6.08 Å². The predicted octanol–water partition coefficient (Wildman–Crippen LogP) is 3.37. The number of aldehydes is 1. The average molecular weight is 192 g/mol. The van der Waals surface area contributed by atoms with E-state index in [4.69, 9.17) is 0 Å². The summed E-state index contributed by atoms with van der Waals surface area (Å²) in [5.74, 6) is 1.28. The van der Waals surface area contributed by atoms with E-state index in [1.807, 2.05) is 6.08 Å². The van der Waals surface area contributed by atoms with E-state index >= 15 is 0 Å². The minimum absolute atomic E-state index is 0.362. The Kier molecular flexibility index (Phi) is 3.68. The summed E-state index contributed by atoms with van der Waals surface area (Å²) in [7, 11) is 0. The Hall–Kier alpha value is -0.850. The van der Waals surface area contributed by atoms with Crippen LogP contribution in [0.1, 0.15) is 33.6 Å². The minimum Gasteiger partial charge on any atom is -0.299 e. The standard InChI is InChI=1S/C13H20O/c1-11-7-6-9-13(2,3)12(11)8-4-5-10-14/h4-7,10-12H,8-9H2,1-3H3/b5-4+. The second-order valence-electron chi connectivity index (χ2n) is 4.89. The molecule has 0 amide bonds. The summed E-state index contributed by atoms with van der Waals surface area (Å²) in [5.41, 5.74) is 0.362. The van der Waals surface area contributed by atoms with Gasteiger partial charge in [0.2, 0.25) is 0 Å². The lowest BCUT2D eigenvalue weighted by molar-refractivity contribution is -0.104. The summed E-state index contributed by atoms with van der Waals surface area (Å²) in [5, 5.41) is 0. The first-order chi connectivity index (χ1) is 6.58. The monoisotopic (exact) mass is 192 g/mol. The highest BCUT2D eigenvalue weighted by Crippen LogP contribution is 2.42. The van der Waals surface area contributed by atoms with Gasteiger partial charge in [-0.1, -0.05) is 39.0 Å². The fourth-order valence-electron chi connectivity index (χ4n) is 2.40. The number of hydrogen-bond donors (Lipinski definition) is 0. The van der Waals surface area contributed by atoms with Crippen molar-refractivity contribution in [1.82, 2.24) is 0 Å². The smallest absolute Gasteiger partial charge is 0.142 e. The lowest BCUT2D eigenvalue weighted by atomic mass is 9.66. The first-order valence-electron chi connectivity index (χ1n) is 5.35. The van der Waals surface area contributed by atoms with Crippen molar-refractivity contribution in [3.05, 3.63) is 24.3 Å². The van der Waals surface area contributed by atoms with Crippen molar-refractivity contribution >= 4 is 6.29 Å². The molecule has 1 aliphatic carbocycles. The second-order valence-corrected chi connectivity index (χ2v) is 4.89. The molecule has 2 atom stereocenters. The normalized spacial score (nSPS) is 30.8. The molecule has 0 N–H and O–H groups in total. The summed E-state index contributed by atoms with van der Waals surface area (Å²) >= 11 is 0. The third-order valence-corrected chi connectivity index (χ3v) is 3.33. The number of rotatable bonds is 3. The van der Waals surface area contributed by atoms with Crippen molar-refractivity contribution in [2.45, 2.75) is 33.6 Å². The highest BCUT2D eigenvalue weighted by atomic mass is 16.1. The minimum atomic E-state index is 0.362. The maximum absolute atomic E-state index is 10.2. The van der Waals surface area contributed by atoms with Crippen LogP contribution in [-0.2, 0) is 4.79 Å². The Bertz CT molecular complexity index is 248. The fourth-order valence-corrected chi connectivity index (χ4v) is 2.40. The highest BCUT2D eigenvalue weighted by molar-refractivity contribution is 5.64. The van der Waals surface area contributed by atoms with E-state index in [2.05, 4.69) is 32.9 Å². The van der Waals surface area contributed by atoms with Crippen molar-refractivity contribution < 1.29 is 4.79 Å². The molecule has 0 aromatic carbocycles. The van der Waals surface area contributed by atoms with E-state index in [0.29, 0.717) is 17.3 Å². The fraction of sp³-hybridized carbons (Fsp3) is 0.615. The van der Waals surface area contributed by atoms with Crippen LogP contribution >= 0.6 is 0 Å². The summed E-state index contributed by atoms with van der Waals surface area (Å²) in [4.78, 5) is 10.2. The Morgan fingerprint density at radius 2 is 2.21 bits per heavy atom. The molecule has 0 heterocycles. The van der Waals surface area contributed by atoms with Gasteiger partial charge in [-0.15, -0.1) is 0 Å². The van der Waals surface area contributed by atoms with Crippen LogP contribution < -0.4 is 0 Å². The predicted molar refractivity (Wildman–Crippen MR) is 60.0 cm³/mol. The molecule has 1 rings (SSSR count). The van der Waals surface area contributed by atoms with Crippen molar-refractivity contribution in [2.24, 2.45) is 17.3 Å². The van der Waals surface area contributed by atoms with E-state index in [0.717, 1.165) is 19.1 Å². The largest absolute Gasteiger partial charge is 0.299 e. The molecular formula is C13H20O. The van der Waals surface area contributed by atoms with Gasteiger partial charge in [-0.2, -0.15) is 0 Å². The molecule has 0 radical (unpaired) electrons. The van der Waals surface area contributed by atoms with Gasteiger partial charge in [-0.3, -0.25) is 4.79 Å². The van der Waals surface area contributed by atoms with Gasteiger partial charge in [0.05, 0.1) is 0 Å². The van der Waals surface area contributed by atoms with Crippen molar-refractivity contribution in [1.29, 1.82) is 0 Å². The molecule has 2 unspecified atom stereocenters. The summed E-state index contributed by atoms with van der Waals surface area (Å²) < 4.78 is 0. The molecule has 0 bridgehead atoms. The lowest BCUT2D eigenvalue weighted by Gasteiger charge is -2.39. The van der Waals surface area contributed by atoms with E-state index in [1.165, 1.54) is 0 Å². The first kappa shape index (κ1) is 11.2. The topological polar surface area (TPSA) is 17.1 Å². The summed E-state index contributed by atoms with van der Waals surface area (Å²) in [6, 6.07) is 0. The van der Waals surface area contributed by atoms with E-state index in [-0.39, 0.29) is 0 Å². The summed E-state index contributed by atoms with van der Waals surface area (Å²) in [6.45, 7) is 6.88. The van der Waals surface area contributed by atoms with Gasteiger partial charge in [0.25, 0.3) is 0 Å². The molecule has 0 aliphatic heterocycles. The number of allylic oxidation sites excluding steroid dienone is 4. The van der Waals surface area contributed by atoms with Gasteiger partial charge in [0.15, 0.2) is 0 Å². The van der Waals surface area contributed by atoms with Crippen molar-refractivity contribution in [3.8, 4) is 0 Å². The summed E-state index contributed by atoms with van der Waals surface area (Å²) in [6.07, 6.45) is 11.2. The zero-order valence-electron chi connectivity index (χ0n) is 9.36. The van der Waals surface area contributed by atoms with Crippen LogP contribution in [0.15, 0.2) is 24.3 Å². The first-order valence-corrected chi connectivity index (χ1v) is 5.35. The molecule has 14 heavy (non-hydrogen) atoms. The molecular weight excluding hydrogens is 172 g/mol. The molecule has 0 fully saturated rings. The zero-order valence-corrected chi connectivity index (χ0v) is 9.36. The van der Waals surface area contributed by atoms with E-state index in [9.17, 15) is 4.79 Å². The van der Waals surface area contributed by atoms with Crippen LogP contribution in [0.5, 0.6) is 0 Å². The Labute approximate surface area is 86.9 Å². The number of carbonyl (C=O) groups is 1. The Morgan fingerprint density at radius 1 is 1.50 bits per heavy atom. The van der Waals surface area contributed by atoms with Gasteiger partial charge in [0, 0.05) is 0 Å². The maximum atomic E-state index is 10.2. The lowest BCUT2D eigenvalue weighted by Crippen LogP contribution is -2.30.